The molecule has 2 fully saturated rings. The molecule has 262 valence electrons. The molecule has 6 rings (SSSR count). The second-order valence-electron chi connectivity index (χ2n) is 12.5. The Balaban J connectivity index is 1.18. The minimum atomic E-state index is -4.82. The van der Waals surface area contributed by atoms with Gasteiger partial charge in [-0.3, -0.25) is 4.90 Å². The van der Waals surface area contributed by atoms with Gasteiger partial charge >= 0.3 is 18.2 Å². The van der Waals surface area contributed by atoms with Crippen molar-refractivity contribution in [2.45, 2.75) is 44.2 Å². The van der Waals surface area contributed by atoms with E-state index < -0.39 is 35.8 Å². The number of halogens is 4. The molecule has 4 aromatic rings. The van der Waals surface area contributed by atoms with Crippen LogP contribution in [0.15, 0.2) is 84.9 Å². The van der Waals surface area contributed by atoms with Gasteiger partial charge in [0.1, 0.15) is 18.5 Å². The largest absolute Gasteiger partial charge is 0.467 e. The number of aromatic nitrogens is 2. The van der Waals surface area contributed by atoms with Crippen LogP contribution >= 0.6 is 11.6 Å². The second kappa shape index (κ2) is 14.4. The highest BCUT2D eigenvalue weighted by molar-refractivity contribution is 6.30. The number of hydrogen-bond donors (Lipinski definition) is 1. The van der Waals surface area contributed by atoms with Crippen LogP contribution in [-0.2, 0) is 20.9 Å². The van der Waals surface area contributed by atoms with E-state index in [0.717, 1.165) is 5.56 Å². The number of rotatable bonds is 8. The van der Waals surface area contributed by atoms with E-state index in [1.54, 1.807) is 30.3 Å². The van der Waals surface area contributed by atoms with Gasteiger partial charge in [-0.2, -0.15) is 23.1 Å². The third kappa shape index (κ3) is 7.72. The lowest BCUT2D eigenvalue weighted by atomic mass is 9.76. The predicted molar refractivity (Wildman–Crippen MR) is 180 cm³/mol. The van der Waals surface area contributed by atoms with Crippen LogP contribution < -0.4 is 15.4 Å². The molecule has 1 amide bonds. The molecular formula is C36H35ClF3N5O5. The molecule has 2 saturated heterocycles. The van der Waals surface area contributed by atoms with Gasteiger partial charge in [0.2, 0.25) is 17.9 Å². The first-order valence-electron chi connectivity index (χ1n) is 16.0. The standard InChI is InChI=1S/C36H35ClF3N5O5/c1-48-32(46)28-20-35(22-45(28)34(47)49-21-23-8-4-2-5-9-23)14-16-44(17-15-35)29-19-30(43-33(41)42-29)50-31(36(38,39)40)26-13-12-25(37)18-27(26)24-10-6-3-7-11-24/h2-13,18-19,28,31H,14-17,20-22H2,1H3,(H2,41,42,43)/t28-,31+/m0/s1. The summed E-state index contributed by atoms with van der Waals surface area (Å²) in [7, 11) is 1.28. The van der Waals surface area contributed by atoms with E-state index in [1.165, 1.54) is 36.3 Å². The lowest BCUT2D eigenvalue weighted by Gasteiger charge is -2.39. The third-order valence-electron chi connectivity index (χ3n) is 9.19. The summed E-state index contributed by atoms with van der Waals surface area (Å²) in [5.41, 5.74) is 7.07. The first kappa shape index (κ1) is 34.8. The summed E-state index contributed by atoms with van der Waals surface area (Å²) in [5, 5.41) is 0.275. The zero-order chi connectivity index (χ0) is 35.5. The molecular weight excluding hydrogens is 675 g/mol. The van der Waals surface area contributed by atoms with Crippen molar-refractivity contribution in [3.8, 4) is 17.0 Å². The first-order valence-corrected chi connectivity index (χ1v) is 16.4. The molecule has 0 radical (unpaired) electrons. The summed E-state index contributed by atoms with van der Waals surface area (Å²) in [6, 6.07) is 22.5. The van der Waals surface area contributed by atoms with Crippen molar-refractivity contribution in [1.82, 2.24) is 14.9 Å². The number of carbonyl (C=O) groups excluding carboxylic acids is 2. The summed E-state index contributed by atoms with van der Waals surface area (Å²) in [6.45, 7) is 1.20. The number of carbonyl (C=O) groups is 2. The lowest BCUT2D eigenvalue weighted by molar-refractivity contribution is -0.198. The van der Waals surface area contributed by atoms with Crippen molar-refractivity contribution in [2.75, 3.05) is 37.4 Å². The zero-order valence-corrected chi connectivity index (χ0v) is 27.9. The Bertz CT molecular complexity index is 1820. The fourth-order valence-electron chi connectivity index (χ4n) is 6.67. The van der Waals surface area contributed by atoms with Crippen molar-refractivity contribution in [3.05, 3.63) is 101 Å². The predicted octanol–water partition coefficient (Wildman–Crippen LogP) is 7.23. The molecule has 1 spiro atoms. The number of hydrogen-bond acceptors (Lipinski definition) is 9. The molecule has 2 N–H and O–H groups in total. The number of benzene rings is 3. The van der Waals surface area contributed by atoms with Gasteiger partial charge in [-0.1, -0.05) is 78.3 Å². The van der Waals surface area contributed by atoms with Gasteiger partial charge in [0.15, 0.2) is 0 Å². The monoisotopic (exact) mass is 709 g/mol. The van der Waals surface area contributed by atoms with Crippen LogP contribution in [0.1, 0.15) is 36.5 Å². The van der Waals surface area contributed by atoms with Gasteiger partial charge in [0.05, 0.1) is 7.11 Å². The second-order valence-corrected chi connectivity index (χ2v) is 12.9. The summed E-state index contributed by atoms with van der Waals surface area (Å²) in [5.74, 6) is -0.828. The maximum absolute atomic E-state index is 14.6. The number of nitrogens with zero attached hydrogens (tertiary/aromatic N) is 4. The van der Waals surface area contributed by atoms with Crippen molar-refractivity contribution in [2.24, 2.45) is 5.41 Å². The third-order valence-corrected chi connectivity index (χ3v) is 9.43. The minimum absolute atomic E-state index is 0.0607. The number of methoxy groups -OCH3 is 1. The van der Waals surface area contributed by atoms with Crippen LogP contribution in [-0.4, -0.2) is 65.9 Å². The Morgan fingerprint density at radius 3 is 2.34 bits per heavy atom. The van der Waals surface area contributed by atoms with Gasteiger partial charge in [0, 0.05) is 36.3 Å². The van der Waals surface area contributed by atoms with E-state index in [2.05, 4.69) is 9.97 Å². The average Bonchev–Trinajstić information content (AvgIpc) is 3.48. The molecule has 0 unspecified atom stereocenters. The molecule has 10 nitrogen and oxygen atoms in total. The first-order chi connectivity index (χ1) is 23.9. The number of piperidine rings is 1. The average molecular weight is 710 g/mol. The molecule has 3 aromatic carbocycles. The van der Waals surface area contributed by atoms with Crippen molar-refractivity contribution >= 4 is 35.4 Å². The molecule has 2 aliphatic rings. The number of nitrogen functional groups attached to an aromatic ring is 1. The van der Waals surface area contributed by atoms with Crippen LogP contribution in [0.25, 0.3) is 11.1 Å². The Kier molecular flexibility index (Phi) is 10.1. The lowest BCUT2D eigenvalue weighted by Crippen LogP contribution is -2.43. The zero-order valence-electron chi connectivity index (χ0n) is 27.1. The summed E-state index contributed by atoms with van der Waals surface area (Å²) in [4.78, 5) is 37.5. The molecule has 2 atom stereocenters. The quantitative estimate of drug-likeness (QED) is 0.189. The molecule has 0 bridgehead atoms. The van der Waals surface area contributed by atoms with Crippen LogP contribution in [0.3, 0.4) is 0 Å². The molecule has 1 aromatic heterocycles. The van der Waals surface area contributed by atoms with Gasteiger partial charge in [-0.15, -0.1) is 0 Å². The maximum atomic E-state index is 14.6. The maximum Gasteiger partial charge on any atom is 0.429 e. The van der Waals surface area contributed by atoms with E-state index in [4.69, 9.17) is 31.5 Å². The number of esters is 1. The Morgan fingerprint density at radius 2 is 1.68 bits per heavy atom. The highest BCUT2D eigenvalue weighted by Gasteiger charge is 2.51. The van der Waals surface area contributed by atoms with E-state index in [-0.39, 0.29) is 41.1 Å². The van der Waals surface area contributed by atoms with Gasteiger partial charge in [-0.05, 0) is 53.5 Å². The van der Waals surface area contributed by atoms with E-state index in [1.807, 2.05) is 35.2 Å². The van der Waals surface area contributed by atoms with E-state index in [9.17, 15) is 22.8 Å². The van der Waals surface area contributed by atoms with Crippen LogP contribution in [0.5, 0.6) is 5.88 Å². The van der Waals surface area contributed by atoms with E-state index in [0.29, 0.717) is 43.7 Å². The van der Waals surface area contributed by atoms with Gasteiger partial charge < -0.3 is 24.8 Å². The fraction of sp³-hybridized carbons (Fsp3) is 0.333. The van der Waals surface area contributed by atoms with Crippen LogP contribution in [0.4, 0.5) is 29.7 Å². The number of anilines is 2. The highest BCUT2D eigenvalue weighted by atomic mass is 35.5. The number of amides is 1. The number of likely N-dealkylation sites (tertiary alicyclic amines) is 1. The van der Waals surface area contributed by atoms with Crippen LogP contribution in [0, 0.1) is 5.41 Å². The van der Waals surface area contributed by atoms with Crippen molar-refractivity contribution < 1.29 is 37.0 Å². The van der Waals surface area contributed by atoms with Crippen molar-refractivity contribution in [3.63, 3.8) is 0 Å². The van der Waals surface area contributed by atoms with E-state index >= 15 is 0 Å². The minimum Gasteiger partial charge on any atom is -0.467 e. The summed E-state index contributed by atoms with van der Waals surface area (Å²) >= 11 is 6.20. The fourth-order valence-corrected chi connectivity index (χ4v) is 6.85. The Labute approximate surface area is 291 Å². The topological polar surface area (TPSA) is 120 Å². The molecule has 14 heteroatoms. The van der Waals surface area contributed by atoms with Gasteiger partial charge in [-0.25, -0.2) is 9.59 Å². The Morgan fingerprint density at radius 1 is 1.00 bits per heavy atom. The number of nitrogens with two attached hydrogens (primary N) is 1. The normalized spacial score (nSPS) is 17.7. The Hall–Kier alpha value is -5.04. The molecule has 3 heterocycles. The molecule has 0 saturated carbocycles. The highest BCUT2D eigenvalue weighted by Crippen LogP contribution is 2.46. The summed E-state index contributed by atoms with van der Waals surface area (Å²) < 4.78 is 60.1. The molecule has 2 aliphatic heterocycles. The number of alkyl halides is 3. The van der Waals surface area contributed by atoms with Crippen LogP contribution in [0.2, 0.25) is 5.02 Å². The van der Waals surface area contributed by atoms with Crippen molar-refractivity contribution in [1.29, 1.82) is 0 Å². The summed E-state index contributed by atoms with van der Waals surface area (Å²) in [6.07, 6.45) is -6.32. The molecule has 0 aliphatic carbocycles. The SMILES string of the molecule is COC(=O)[C@@H]1CC2(CCN(c3cc(O[C@H](c4ccc(Cl)cc4-c4ccccc4)C(F)(F)F)nc(N)n3)CC2)CN1C(=O)OCc1ccccc1. The van der Waals surface area contributed by atoms with Gasteiger partial charge in [0.25, 0.3) is 0 Å². The number of ether oxygens (including phenoxy) is 3. The molecule has 50 heavy (non-hydrogen) atoms. The smallest absolute Gasteiger partial charge is 0.429 e.